The lowest BCUT2D eigenvalue weighted by molar-refractivity contribution is 0.260. The topological polar surface area (TPSA) is 74.1 Å². The molecule has 0 bridgehead atoms. The van der Waals surface area contributed by atoms with Crippen LogP contribution < -0.4 is 10.6 Å². The van der Waals surface area contributed by atoms with E-state index in [4.69, 9.17) is 5.73 Å². The van der Waals surface area contributed by atoms with Gasteiger partial charge in [-0.1, -0.05) is 0 Å². The van der Waals surface area contributed by atoms with Crippen LogP contribution in [0.4, 0.5) is 11.9 Å². The molecule has 0 aliphatic carbocycles. The summed E-state index contributed by atoms with van der Waals surface area (Å²) in [5.41, 5.74) is 5.54. The number of aromatic nitrogens is 3. The highest BCUT2D eigenvalue weighted by molar-refractivity contribution is 5.35. The number of hydrogen-bond donors (Lipinski definition) is 2. The van der Waals surface area contributed by atoms with Crippen LogP contribution in [0.1, 0.15) is 19.3 Å². The van der Waals surface area contributed by atoms with Gasteiger partial charge in [-0.05, 0) is 32.4 Å². The van der Waals surface area contributed by atoms with Crippen molar-refractivity contribution in [1.82, 2.24) is 20.1 Å². The van der Waals surface area contributed by atoms with E-state index in [0.717, 1.165) is 19.0 Å². The predicted octanol–water partition coefficient (Wildman–Crippen LogP) is 0.0614. The monoisotopic (exact) mass is 222 g/mol. The van der Waals surface area contributed by atoms with Gasteiger partial charge in [0.25, 0.3) is 0 Å². The molecule has 0 amide bonds. The third-order valence-corrected chi connectivity index (χ3v) is 3.59. The van der Waals surface area contributed by atoms with Gasteiger partial charge in [0, 0.05) is 19.1 Å². The van der Waals surface area contributed by atoms with E-state index in [-0.39, 0.29) is 0 Å². The highest BCUT2D eigenvalue weighted by Gasteiger charge is 2.30. The Bertz CT molecular complexity index is 356. The standard InChI is InChI=1S/C10H18N6/c11-9-12-10(14-13-9)16-6-3-8(7-16)15-4-1-2-5-15/h8H,1-7H2,(H3,11,12,13,14). The normalized spacial score (nSPS) is 26.8. The van der Waals surface area contributed by atoms with Gasteiger partial charge in [0.05, 0.1) is 0 Å². The van der Waals surface area contributed by atoms with Gasteiger partial charge in [-0.15, -0.1) is 5.10 Å². The first kappa shape index (κ1) is 9.89. The first-order valence-corrected chi connectivity index (χ1v) is 6.00. The van der Waals surface area contributed by atoms with Gasteiger partial charge in [0.2, 0.25) is 11.9 Å². The number of aromatic amines is 1. The summed E-state index contributed by atoms with van der Waals surface area (Å²) in [6, 6.07) is 0.683. The molecule has 3 rings (SSSR count). The summed E-state index contributed by atoms with van der Waals surface area (Å²) in [6.45, 7) is 4.60. The van der Waals surface area contributed by atoms with Crippen LogP contribution in [-0.4, -0.2) is 52.3 Å². The van der Waals surface area contributed by atoms with Crippen LogP contribution in [0.5, 0.6) is 0 Å². The van der Waals surface area contributed by atoms with Crippen molar-refractivity contribution in [1.29, 1.82) is 0 Å². The lowest BCUT2D eigenvalue weighted by Gasteiger charge is -2.23. The van der Waals surface area contributed by atoms with Crippen molar-refractivity contribution in [2.45, 2.75) is 25.3 Å². The fourth-order valence-electron chi connectivity index (χ4n) is 2.73. The van der Waals surface area contributed by atoms with Crippen LogP contribution in [0.2, 0.25) is 0 Å². The molecular weight excluding hydrogens is 204 g/mol. The summed E-state index contributed by atoms with van der Waals surface area (Å²) in [6.07, 6.45) is 3.92. The highest BCUT2D eigenvalue weighted by Crippen LogP contribution is 2.23. The molecule has 2 fully saturated rings. The summed E-state index contributed by atoms with van der Waals surface area (Å²) in [5, 5.41) is 6.80. The minimum atomic E-state index is 0.402. The van der Waals surface area contributed by atoms with E-state index in [1.165, 1.54) is 32.4 Å². The van der Waals surface area contributed by atoms with Gasteiger partial charge in [0.15, 0.2) is 0 Å². The Hall–Kier alpha value is -1.30. The van der Waals surface area contributed by atoms with Crippen molar-refractivity contribution < 1.29 is 0 Å². The third kappa shape index (κ3) is 1.73. The number of H-pyrrole nitrogens is 1. The number of nitrogens with two attached hydrogens (primary N) is 1. The number of anilines is 2. The van der Waals surface area contributed by atoms with E-state index in [9.17, 15) is 0 Å². The van der Waals surface area contributed by atoms with Crippen molar-refractivity contribution in [3.63, 3.8) is 0 Å². The van der Waals surface area contributed by atoms with Crippen molar-refractivity contribution in [2.75, 3.05) is 36.8 Å². The van der Waals surface area contributed by atoms with Crippen LogP contribution in [0.15, 0.2) is 0 Å². The number of rotatable bonds is 2. The Morgan fingerprint density at radius 1 is 1.25 bits per heavy atom. The minimum absolute atomic E-state index is 0.402. The van der Waals surface area contributed by atoms with E-state index in [2.05, 4.69) is 25.0 Å². The number of nitrogens with one attached hydrogen (secondary N) is 1. The molecule has 0 saturated carbocycles. The minimum Gasteiger partial charge on any atom is -0.368 e. The number of likely N-dealkylation sites (tertiary alicyclic amines) is 1. The Balaban J connectivity index is 1.64. The van der Waals surface area contributed by atoms with Crippen molar-refractivity contribution in [2.24, 2.45) is 0 Å². The summed E-state index contributed by atoms with van der Waals surface area (Å²) >= 11 is 0. The molecule has 3 heterocycles. The SMILES string of the molecule is Nc1nc(N2CCC(N3CCCC3)C2)n[nH]1. The molecule has 6 nitrogen and oxygen atoms in total. The van der Waals surface area contributed by atoms with E-state index in [1.54, 1.807) is 0 Å². The van der Waals surface area contributed by atoms with Gasteiger partial charge in [-0.2, -0.15) is 4.98 Å². The van der Waals surface area contributed by atoms with E-state index in [0.29, 0.717) is 12.0 Å². The van der Waals surface area contributed by atoms with Gasteiger partial charge in [-0.25, -0.2) is 5.10 Å². The van der Waals surface area contributed by atoms with E-state index >= 15 is 0 Å². The average Bonchev–Trinajstić information content (AvgIpc) is 2.97. The molecule has 6 heteroatoms. The molecular formula is C10H18N6. The molecule has 0 radical (unpaired) electrons. The van der Waals surface area contributed by atoms with Crippen molar-refractivity contribution in [3.8, 4) is 0 Å². The van der Waals surface area contributed by atoms with Gasteiger partial charge in [-0.3, -0.25) is 4.90 Å². The first-order chi connectivity index (χ1) is 7.83. The van der Waals surface area contributed by atoms with Gasteiger partial charge in [0.1, 0.15) is 0 Å². The molecule has 1 aromatic heterocycles. The lowest BCUT2D eigenvalue weighted by Crippen LogP contribution is -2.35. The van der Waals surface area contributed by atoms with Gasteiger partial charge < -0.3 is 10.6 Å². The summed E-state index contributed by atoms with van der Waals surface area (Å²) in [7, 11) is 0. The summed E-state index contributed by atoms with van der Waals surface area (Å²) < 4.78 is 0. The maximum absolute atomic E-state index is 5.54. The molecule has 2 aliphatic heterocycles. The molecule has 0 aromatic carbocycles. The maximum atomic E-state index is 5.54. The number of nitrogens with zero attached hydrogens (tertiary/aromatic N) is 4. The average molecular weight is 222 g/mol. The largest absolute Gasteiger partial charge is 0.368 e. The third-order valence-electron chi connectivity index (χ3n) is 3.59. The van der Waals surface area contributed by atoms with Crippen LogP contribution >= 0.6 is 0 Å². The molecule has 3 N–H and O–H groups in total. The molecule has 2 aliphatic rings. The zero-order valence-corrected chi connectivity index (χ0v) is 9.39. The molecule has 0 spiro atoms. The van der Waals surface area contributed by atoms with Crippen molar-refractivity contribution >= 4 is 11.9 Å². The molecule has 1 atom stereocenters. The Morgan fingerprint density at radius 3 is 2.75 bits per heavy atom. The molecule has 1 unspecified atom stereocenters. The van der Waals surface area contributed by atoms with Crippen LogP contribution in [-0.2, 0) is 0 Å². The second kappa shape index (κ2) is 3.93. The van der Waals surface area contributed by atoms with E-state index in [1.807, 2.05) is 0 Å². The lowest BCUT2D eigenvalue weighted by atomic mass is 10.2. The molecule has 88 valence electrons. The van der Waals surface area contributed by atoms with Crippen molar-refractivity contribution in [3.05, 3.63) is 0 Å². The smallest absolute Gasteiger partial charge is 0.246 e. The molecule has 2 saturated heterocycles. The molecule has 16 heavy (non-hydrogen) atoms. The fraction of sp³-hybridized carbons (Fsp3) is 0.800. The van der Waals surface area contributed by atoms with Crippen LogP contribution in [0.3, 0.4) is 0 Å². The number of hydrogen-bond acceptors (Lipinski definition) is 5. The van der Waals surface area contributed by atoms with Gasteiger partial charge >= 0.3 is 0 Å². The first-order valence-electron chi connectivity index (χ1n) is 6.00. The maximum Gasteiger partial charge on any atom is 0.246 e. The highest BCUT2D eigenvalue weighted by atomic mass is 15.4. The Kier molecular flexibility index (Phi) is 2.43. The fourth-order valence-corrected chi connectivity index (χ4v) is 2.73. The Labute approximate surface area is 94.8 Å². The molecule has 1 aromatic rings. The Morgan fingerprint density at radius 2 is 2.06 bits per heavy atom. The quantitative estimate of drug-likeness (QED) is 0.740. The van der Waals surface area contributed by atoms with E-state index < -0.39 is 0 Å². The zero-order valence-electron chi connectivity index (χ0n) is 9.39. The second-order valence-corrected chi connectivity index (χ2v) is 4.65. The zero-order chi connectivity index (χ0) is 11.0. The second-order valence-electron chi connectivity index (χ2n) is 4.65. The summed E-state index contributed by atoms with van der Waals surface area (Å²) in [4.78, 5) is 8.98. The van der Waals surface area contributed by atoms with Crippen LogP contribution in [0.25, 0.3) is 0 Å². The van der Waals surface area contributed by atoms with Crippen LogP contribution in [0, 0.1) is 0 Å². The summed E-state index contributed by atoms with van der Waals surface area (Å²) in [5.74, 6) is 1.15. The number of nitrogen functional groups attached to an aromatic ring is 1. The predicted molar refractivity (Wildman–Crippen MR) is 62.2 cm³/mol.